The number of aromatic amines is 1. The Labute approximate surface area is 232 Å². The number of fused-ring (bicyclic) bond motifs is 6. The number of carbonyl (C=O) groups excluding carboxylic acids is 3. The van der Waals surface area contributed by atoms with Crippen LogP contribution < -0.4 is 10.1 Å². The Hall–Kier alpha value is -4.18. The normalized spacial score (nSPS) is 21.4. The molecular weight excluding hydrogens is 510 g/mol. The smallest absolute Gasteiger partial charge is 0.274 e. The third-order valence-electron chi connectivity index (χ3n) is 7.94. The Kier molecular flexibility index (Phi) is 7.02. The first kappa shape index (κ1) is 26.1. The summed E-state index contributed by atoms with van der Waals surface area (Å²) in [6.07, 6.45) is 3.01. The predicted molar refractivity (Wildman–Crippen MR) is 146 cm³/mol. The number of nitrogens with zero attached hydrogens (tertiary/aromatic N) is 3. The Morgan fingerprint density at radius 1 is 1.12 bits per heavy atom. The zero-order chi connectivity index (χ0) is 27.8. The number of likely N-dealkylation sites (tertiary alicyclic amines) is 1. The molecule has 40 heavy (non-hydrogen) atoms. The van der Waals surface area contributed by atoms with Crippen LogP contribution in [0.2, 0.25) is 0 Å². The molecule has 10 nitrogen and oxygen atoms in total. The van der Waals surface area contributed by atoms with Crippen LogP contribution in [0.4, 0.5) is 0 Å². The molecule has 0 radical (unpaired) electrons. The molecule has 3 aliphatic rings. The lowest BCUT2D eigenvalue weighted by Gasteiger charge is -2.38. The van der Waals surface area contributed by atoms with Crippen LogP contribution in [0.15, 0.2) is 42.5 Å². The third kappa shape index (κ3) is 5.19. The molecule has 0 unspecified atom stereocenters. The van der Waals surface area contributed by atoms with Crippen molar-refractivity contribution in [3.63, 3.8) is 0 Å². The Bertz CT molecular complexity index is 1470. The number of hydrogen-bond donors (Lipinski definition) is 2. The number of aromatic nitrogens is 2. The standard InChI is InChI=1S/C30H33N5O5/c1-18-9-10-20-14-26(18)40-21-6-3-5-19(13-21)17-39-25-11-12-35(15-24(25)31-27(36)16-34(2)29(20)37)30(38)28-22-7-4-8-23(22)32-33-28/h3,5-6,9-10,13-14,24-25H,4,7-8,11-12,15-17H2,1-2H3,(H,31,36)(H,32,33)/t24-,25+/m0/s1. The first-order chi connectivity index (χ1) is 19.4. The number of hydrogen-bond acceptors (Lipinski definition) is 6. The van der Waals surface area contributed by atoms with Gasteiger partial charge in [-0.3, -0.25) is 19.5 Å². The van der Waals surface area contributed by atoms with Crippen molar-refractivity contribution < 1.29 is 23.9 Å². The van der Waals surface area contributed by atoms with Gasteiger partial charge in [-0.05, 0) is 68.0 Å². The average Bonchev–Trinajstić information content (AvgIpc) is 3.57. The molecule has 2 aromatic carbocycles. The van der Waals surface area contributed by atoms with E-state index >= 15 is 0 Å². The molecule has 4 bridgehead atoms. The van der Waals surface area contributed by atoms with E-state index in [9.17, 15) is 14.4 Å². The second-order valence-electron chi connectivity index (χ2n) is 10.8. The van der Waals surface area contributed by atoms with Crippen LogP contribution in [0.5, 0.6) is 11.5 Å². The van der Waals surface area contributed by atoms with Crippen molar-refractivity contribution in [2.45, 2.75) is 51.4 Å². The third-order valence-corrected chi connectivity index (χ3v) is 7.94. The minimum absolute atomic E-state index is 0.133. The van der Waals surface area contributed by atoms with Gasteiger partial charge in [0.2, 0.25) is 5.91 Å². The highest BCUT2D eigenvalue weighted by Crippen LogP contribution is 2.29. The molecule has 3 heterocycles. The summed E-state index contributed by atoms with van der Waals surface area (Å²) in [5, 5.41) is 10.4. The number of piperidine rings is 1. The Balaban J connectivity index is 1.26. The van der Waals surface area contributed by atoms with E-state index in [1.54, 1.807) is 24.1 Å². The number of rotatable bonds is 1. The van der Waals surface area contributed by atoms with Crippen molar-refractivity contribution in [1.82, 2.24) is 25.3 Å². The van der Waals surface area contributed by atoms with E-state index in [0.717, 1.165) is 41.6 Å². The number of aryl methyl sites for hydroxylation is 2. The number of carbonyl (C=O) groups is 3. The van der Waals surface area contributed by atoms with Crippen molar-refractivity contribution in [3.05, 3.63) is 76.1 Å². The van der Waals surface area contributed by atoms with Gasteiger partial charge in [-0.2, -0.15) is 5.10 Å². The van der Waals surface area contributed by atoms with E-state index in [2.05, 4.69) is 15.5 Å². The second kappa shape index (κ2) is 10.8. The van der Waals surface area contributed by atoms with Crippen LogP contribution >= 0.6 is 0 Å². The van der Waals surface area contributed by atoms with E-state index in [-0.39, 0.29) is 30.4 Å². The molecule has 1 aliphatic carbocycles. The topological polar surface area (TPSA) is 117 Å². The lowest BCUT2D eigenvalue weighted by molar-refractivity contribution is -0.124. The number of benzene rings is 2. The SMILES string of the molecule is Cc1ccc2cc1Oc1cccc(c1)CO[C@@H]1CCN(C(=O)c3n[nH]c4c3CCC4)C[C@@H]1NC(=O)CN(C)C2=O. The van der Waals surface area contributed by atoms with Crippen molar-refractivity contribution >= 4 is 17.7 Å². The highest BCUT2D eigenvalue weighted by Gasteiger charge is 2.36. The molecule has 10 heteroatoms. The summed E-state index contributed by atoms with van der Waals surface area (Å²) in [7, 11) is 1.59. The Morgan fingerprint density at radius 2 is 2.00 bits per heavy atom. The summed E-state index contributed by atoms with van der Waals surface area (Å²) in [4.78, 5) is 42.9. The van der Waals surface area contributed by atoms with Crippen molar-refractivity contribution in [1.29, 1.82) is 0 Å². The van der Waals surface area contributed by atoms with Gasteiger partial charge in [0, 0.05) is 37.0 Å². The van der Waals surface area contributed by atoms with Gasteiger partial charge in [-0.25, -0.2) is 0 Å². The largest absolute Gasteiger partial charge is 0.457 e. The molecule has 1 saturated heterocycles. The molecular formula is C30H33N5O5. The summed E-state index contributed by atoms with van der Waals surface area (Å²) < 4.78 is 12.5. The molecule has 6 rings (SSSR count). The van der Waals surface area contributed by atoms with Gasteiger partial charge in [0.15, 0.2) is 5.69 Å². The van der Waals surface area contributed by atoms with Crippen LogP contribution in [-0.2, 0) is 29.0 Å². The van der Waals surface area contributed by atoms with Crippen LogP contribution in [0.1, 0.15) is 56.1 Å². The van der Waals surface area contributed by atoms with E-state index in [1.165, 1.54) is 4.90 Å². The molecule has 1 aromatic heterocycles. The van der Waals surface area contributed by atoms with Gasteiger partial charge in [-0.15, -0.1) is 0 Å². The van der Waals surface area contributed by atoms with Crippen LogP contribution in [0, 0.1) is 6.92 Å². The second-order valence-corrected chi connectivity index (χ2v) is 10.8. The van der Waals surface area contributed by atoms with E-state index < -0.39 is 6.04 Å². The van der Waals surface area contributed by atoms with Crippen LogP contribution in [-0.4, -0.2) is 76.5 Å². The summed E-state index contributed by atoms with van der Waals surface area (Å²) >= 11 is 0. The fourth-order valence-electron chi connectivity index (χ4n) is 5.73. The summed E-state index contributed by atoms with van der Waals surface area (Å²) in [5.74, 6) is 0.481. The fraction of sp³-hybridized carbons (Fsp3) is 0.400. The minimum atomic E-state index is -0.445. The van der Waals surface area contributed by atoms with Crippen molar-refractivity contribution in [3.8, 4) is 11.5 Å². The zero-order valence-corrected chi connectivity index (χ0v) is 22.7. The van der Waals surface area contributed by atoms with Gasteiger partial charge in [0.05, 0.1) is 25.3 Å². The van der Waals surface area contributed by atoms with Crippen LogP contribution in [0.25, 0.3) is 0 Å². The number of amides is 3. The maximum atomic E-state index is 13.5. The summed E-state index contributed by atoms with van der Waals surface area (Å²) in [5.41, 5.74) is 4.77. The molecule has 2 N–H and O–H groups in total. The Morgan fingerprint density at radius 3 is 2.88 bits per heavy atom. The first-order valence-corrected chi connectivity index (χ1v) is 13.7. The number of nitrogens with one attached hydrogen (secondary N) is 2. The quantitative estimate of drug-likeness (QED) is 0.488. The maximum Gasteiger partial charge on any atom is 0.274 e. The monoisotopic (exact) mass is 543 g/mol. The maximum absolute atomic E-state index is 13.5. The average molecular weight is 544 g/mol. The molecule has 3 amide bonds. The highest BCUT2D eigenvalue weighted by molar-refractivity contribution is 5.97. The predicted octanol–water partition coefficient (Wildman–Crippen LogP) is 3.00. The molecule has 0 saturated carbocycles. The number of ether oxygens (including phenoxy) is 2. The van der Waals surface area contributed by atoms with Gasteiger partial charge in [0.1, 0.15) is 11.5 Å². The molecule has 0 spiro atoms. The minimum Gasteiger partial charge on any atom is -0.457 e. The highest BCUT2D eigenvalue weighted by atomic mass is 16.5. The summed E-state index contributed by atoms with van der Waals surface area (Å²) in [6.45, 7) is 2.90. The van der Waals surface area contributed by atoms with Gasteiger partial charge in [0.25, 0.3) is 11.8 Å². The fourth-order valence-corrected chi connectivity index (χ4v) is 5.73. The van der Waals surface area contributed by atoms with Crippen LogP contribution in [0.3, 0.4) is 0 Å². The van der Waals surface area contributed by atoms with Crippen molar-refractivity contribution in [2.75, 3.05) is 26.7 Å². The van der Waals surface area contributed by atoms with E-state index in [0.29, 0.717) is 48.9 Å². The lowest BCUT2D eigenvalue weighted by Crippen LogP contribution is -2.58. The summed E-state index contributed by atoms with van der Waals surface area (Å²) in [6, 6.07) is 12.5. The zero-order valence-electron chi connectivity index (χ0n) is 22.7. The molecule has 1 fully saturated rings. The number of likely N-dealkylation sites (N-methyl/N-ethyl adjacent to an activating group) is 1. The molecule has 208 valence electrons. The van der Waals surface area contributed by atoms with E-state index in [4.69, 9.17) is 9.47 Å². The molecule has 3 aromatic rings. The van der Waals surface area contributed by atoms with Crippen molar-refractivity contribution in [2.24, 2.45) is 0 Å². The van der Waals surface area contributed by atoms with Gasteiger partial charge in [-0.1, -0.05) is 18.2 Å². The molecule has 2 aliphatic heterocycles. The molecule has 2 atom stereocenters. The first-order valence-electron chi connectivity index (χ1n) is 13.7. The number of H-pyrrole nitrogens is 1. The lowest BCUT2D eigenvalue weighted by atomic mass is 10.0. The van der Waals surface area contributed by atoms with Gasteiger partial charge < -0.3 is 24.6 Å². The van der Waals surface area contributed by atoms with Gasteiger partial charge >= 0.3 is 0 Å². The van der Waals surface area contributed by atoms with E-state index in [1.807, 2.05) is 37.3 Å².